The molecule has 0 saturated heterocycles. The lowest BCUT2D eigenvalue weighted by molar-refractivity contribution is 0.350. The summed E-state index contributed by atoms with van der Waals surface area (Å²) >= 11 is 4.61. The molecular formula is C7H9I2N2OP. The standard InChI is InChI=1S/C7H9I2N2OP/c8-7-5(4-12-13-9)10-11-3-1-2-6(7)11/h13H,1-4H2. The Kier molecular flexibility index (Phi) is 3.84. The van der Waals surface area contributed by atoms with Crippen molar-refractivity contribution in [2.75, 3.05) is 0 Å². The van der Waals surface area contributed by atoms with Gasteiger partial charge in [0, 0.05) is 6.54 Å². The van der Waals surface area contributed by atoms with Gasteiger partial charge in [0.25, 0.3) is 0 Å². The van der Waals surface area contributed by atoms with E-state index < -0.39 is 0 Å². The van der Waals surface area contributed by atoms with E-state index in [9.17, 15) is 0 Å². The Labute approximate surface area is 105 Å². The quantitative estimate of drug-likeness (QED) is 0.554. The minimum Gasteiger partial charge on any atom is -0.345 e. The minimum atomic E-state index is 0.522. The summed E-state index contributed by atoms with van der Waals surface area (Å²) in [5.41, 5.74) is 2.51. The number of nitrogens with zero attached hydrogens (tertiary/aromatic N) is 2. The summed E-state index contributed by atoms with van der Waals surface area (Å²) in [5, 5.41) is 4.51. The van der Waals surface area contributed by atoms with Crippen molar-refractivity contribution in [3.63, 3.8) is 0 Å². The zero-order chi connectivity index (χ0) is 9.26. The highest BCUT2D eigenvalue weighted by Gasteiger charge is 2.19. The zero-order valence-electron chi connectivity index (χ0n) is 6.89. The van der Waals surface area contributed by atoms with E-state index in [0.717, 1.165) is 12.2 Å². The Hall–Kier alpha value is 1.06. The normalized spacial score (nSPS) is 15.8. The molecule has 1 aromatic heterocycles. The van der Waals surface area contributed by atoms with Crippen LogP contribution in [0.2, 0.25) is 0 Å². The second-order valence-corrected chi connectivity index (χ2v) is 5.74. The van der Waals surface area contributed by atoms with Crippen LogP contribution in [-0.4, -0.2) is 9.78 Å². The van der Waals surface area contributed by atoms with Crippen molar-refractivity contribution in [2.24, 2.45) is 0 Å². The predicted octanol–water partition coefficient (Wildman–Crippen LogP) is 2.89. The number of hydrogen-bond donors (Lipinski definition) is 0. The number of rotatable bonds is 3. The minimum absolute atomic E-state index is 0.522. The average Bonchev–Trinajstić information content (AvgIpc) is 2.67. The largest absolute Gasteiger partial charge is 0.345 e. The van der Waals surface area contributed by atoms with Gasteiger partial charge in [-0.2, -0.15) is 5.10 Å². The fourth-order valence-electron chi connectivity index (χ4n) is 1.54. The maximum atomic E-state index is 5.37. The molecule has 6 heteroatoms. The van der Waals surface area contributed by atoms with Crippen LogP contribution >= 0.6 is 51.1 Å². The van der Waals surface area contributed by atoms with Gasteiger partial charge in [-0.05, 0) is 57.5 Å². The van der Waals surface area contributed by atoms with Gasteiger partial charge in [-0.1, -0.05) is 0 Å². The molecular weight excluding hydrogens is 413 g/mol. The molecule has 72 valence electrons. The van der Waals surface area contributed by atoms with Gasteiger partial charge in [0.15, 0.2) is 0 Å². The van der Waals surface area contributed by atoms with Gasteiger partial charge in [-0.25, -0.2) is 0 Å². The molecule has 1 atom stereocenters. The Morgan fingerprint density at radius 3 is 3.15 bits per heavy atom. The van der Waals surface area contributed by atoms with E-state index in [1.807, 2.05) is 0 Å². The molecule has 2 heterocycles. The van der Waals surface area contributed by atoms with E-state index in [2.05, 4.69) is 54.4 Å². The Bertz CT molecular complexity index is 316. The summed E-state index contributed by atoms with van der Waals surface area (Å²) in [6.07, 6.45) is 2.42. The summed E-state index contributed by atoms with van der Waals surface area (Å²) < 4.78 is 8.80. The molecule has 1 aliphatic heterocycles. The van der Waals surface area contributed by atoms with Crippen molar-refractivity contribution >= 4 is 51.1 Å². The van der Waals surface area contributed by atoms with Gasteiger partial charge in [0.05, 0.1) is 22.3 Å². The first-order valence-electron chi connectivity index (χ1n) is 4.04. The molecule has 0 N–H and O–H groups in total. The Morgan fingerprint density at radius 1 is 1.62 bits per heavy atom. The van der Waals surface area contributed by atoms with E-state index in [0.29, 0.717) is 13.1 Å². The third-order valence-corrected chi connectivity index (χ3v) is 4.54. The molecule has 13 heavy (non-hydrogen) atoms. The first kappa shape index (κ1) is 10.6. The molecule has 1 aliphatic rings. The summed E-state index contributed by atoms with van der Waals surface area (Å²) in [6, 6.07) is 0. The van der Waals surface area contributed by atoms with Crippen LogP contribution in [0.4, 0.5) is 0 Å². The molecule has 0 bridgehead atoms. The first-order valence-corrected chi connectivity index (χ1v) is 9.14. The van der Waals surface area contributed by atoms with Crippen LogP contribution in [-0.2, 0) is 24.1 Å². The van der Waals surface area contributed by atoms with Crippen LogP contribution in [0.15, 0.2) is 0 Å². The van der Waals surface area contributed by atoms with E-state index in [1.54, 1.807) is 0 Å². The fourth-order valence-corrected chi connectivity index (χ4v) is 3.01. The zero-order valence-corrected chi connectivity index (χ0v) is 12.2. The van der Waals surface area contributed by atoms with E-state index in [-0.39, 0.29) is 0 Å². The van der Waals surface area contributed by atoms with Crippen molar-refractivity contribution in [1.82, 2.24) is 9.78 Å². The number of aryl methyl sites for hydroxylation is 1. The lowest BCUT2D eigenvalue weighted by Crippen LogP contribution is -1.95. The molecule has 0 saturated carbocycles. The summed E-state index contributed by atoms with van der Waals surface area (Å²) in [5.74, 6) is 0. The highest BCUT2D eigenvalue weighted by atomic mass is 127. The molecule has 0 radical (unpaired) electrons. The number of halogens is 2. The van der Waals surface area contributed by atoms with Crippen molar-refractivity contribution in [3.8, 4) is 0 Å². The van der Waals surface area contributed by atoms with Crippen molar-refractivity contribution < 1.29 is 4.52 Å². The van der Waals surface area contributed by atoms with E-state index >= 15 is 0 Å². The molecule has 0 amide bonds. The van der Waals surface area contributed by atoms with Gasteiger partial charge < -0.3 is 4.52 Å². The highest BCUT2D eigenvalue weighted by Crippen LogP contribution is 2.28. The number of aromatic nitrogens is 2. The molecule has 0 fully saturated rings. The SMILES string of the molecule is IPOCc1nn2c(c1I)CCC2. The smallest absolute Gasteiger partial charge is 0.102 e. The van der Waals surface area contributed by atoms with Gasteiger partial charge >= 0.3 is 0 Å². The van der Waals surface area contributed by atoms with Gasteiger partial charge in [0.1, 0.15) is 5.69 Å². The first-order chi connectivity index (χ1) is 6.33. The summed E-state index contributed by atoms with van der Waals surface area (Å²) in [7, 11) is 0. The maximum Gasteiger partial charge on any atom is 0.102 e. The van der Waals surface area contributed by atoms with Gasteiger partial charge in [0.2, 0.25) is 0 Å². The molecule has 0 aliphatic carbocycles. The van der Waals surface area contributed by atoms with Crippen LogP contribution in [0, 0.1) is 3.57 Å². The van der Waals surface area contributed by atoms with Crippen LogP contribution in [0.25, 0.3) is 0 Å². The highest BCUT2D eigenvalue weighted by molar-refractivity contribution is 14.2. The average molecular weight is 422 g/mol. The van der Waals surface area contributed by atoms with E-state index in [1.165, 1.54) is 22.1 Å². The molecule has 3 nitrogen and oxygen atoms in total. The lowest BCUT2D eigenvalue weighted by atomic mass is 10.3. The molecule has 0 aromatic carbocycles. The molecule has 1 unspecified atom stereocenters. The summed E-state index contributed by atoms with van der Waals surface area (Å²) in [6.45, 7) is 2.27. The number of fused-ring (bicyclic) bond motifs is 1. The van der Waals surface area contributed by atoms with Crippen LogP contribution in [0.3, 0.4) is 0 Å². The third kappa shape index (κ3) is 2.18. The van der Waals surface area contributed by atoms with Crippen molar-refractivity contribution in [1.29, 1.82) is 0 Å². The Balaban J connectivity index is 2.18. The maximum absolute atomic E-state index is 5.37. The van der Waals surface area contributed by atoms with Gasteiger partial charge in [-0.3, -0.25) is 4.68 Å². The van der Waals surface area contributed by atoms with Gasteiger partial charge in [-0.15, -0.1) is 0 Å². The van der Waals surface area contributed by atoms with Crippen molar-refractivity contribution in [3.05, 3.63) is 15.0 Å². The summed E-state index contributed by atoms with van der Waals surface area (Å²) in [4.78, 5) is 0. The molecule has 0 spiro atoms. The molecule has 1 aromatic rings. The van der Waals surface area contributed by atoms with Crippen molar-refractivity contribution in [2.45, 2.75) is 26.0 Å². The van der Waals surface area contributed by atoms with Crippen LogP contribution in [0.1, 0.15) is 17.8 Å². The van der Waals surface area contributed by atoms with E-state index in [4.69, 9.17) is 4.52 Å². The third-order valence-electron chi connectivity index (χ3n) is 2.11. The number of hydrogen-bond acceptors (Lipinski definition) is 2. The lowest BCUT2D eigenvalue weighted by Gasteiger charge is -1.96. The fraction of sp³-hybridized carbons (Fsp3) is 0.571. The molecule has 2 rings (SSSR count). The topological polar surface area (TPSA) is 27.1 Å². The van der Waals surface area contributed by atoms with Crippen LogP contribution < -0.4 is 0 Å². The Morgan fingerprint density at radius 2 is 2.46 bits per heavy atom. The monoisotopic (exact) mass is 422 g/mol. The second kappa shape index (κ2) is 4.72. The predicted molar refractivity (Wildman–Crippen MR) is 70.4 cm³/mol. The van der Waals surface area contributed by atoms with Crippen LogP contribution in [0.5, 0.6) is 0 Å². The second-order valence-electron chi connectivity index (χ2n) is 2.90.